The van der Waals surface area contributed by atoms with Gasteiger partial charge in [-0.2, -0.15) is 12.7 Å². The Balaban J connectivity index is 1.63. The second-order valence-corrected chi connectivity index (χ2v) is 20.6. The molecule has 4 fully saturated rings. The first-order valence-corrected chi connectivity index (χ1v) is 19.8. The zero-order chi connectivity index (χ0) is 39.6. The predicted molar refractivity (Wildman–Crippen MR) is 194 cm³/mol. The summed E-state index contributed by atoms with van der Waals surface area (Å²) in [5.74, 6) is -3.72. The fraction of sp³-hybridized carbons (Fsp3) is 0.833. The number of fused-ring (bicyclic) bond motifs is 1. The third-order valence-electron chi connectivity index (χ3n) is 13.0. The average molecular weight is 752 g/mol. The molecule has 6 amide bonds. The molecule has 4 rings (SSSR count). The molecular formula is C36H61N7O8S. The fourth-order valence-electron chi connectivity index (χ4n) is 9.10. The van der Waals surface area contributed by atoms with E-state index >= 15 is 0 Å². The Kier molecular flexibility index (Phi) is 11.1. The number of likely N-dealkylation sites (N-methyl/N-ethyl adjacent to an activating group) is 1. The molecular weight excluding hydrogens is 691 g/mol. The monoisotopic (exact) mass is 751 g/mol. The van der Waals surface area contributed by atoms with E-state index in [1.165, 1.54) is 19.0 Å². The summed E-state index contributed by atoms with van der Waals surface area (Å²) in [6.45, 7) is 15.0. The molecule has 3 aliphatic carbocycles. The smallest absolute Gasteiger partial charge is 0.316 e. The number of carbonyl (C=O) groups is 6. The lowest BCUT2D eigenvalue weighted by Gasteiger charge is -2.37. The number of nitrogens with one attached hydrogen (secondary N) is 3. The van der Waals surface area contributed by atoms with Crippen LogP contribution in [0.3, 0.4) is 0 Å². The second-order valence-electron chi connectivity index (χ2n) is 18.5. The van der Waals surface area contributed by atoms with Crippen LogP contribution in [0.15, 0.2) is 0 Å². The summed E-state index contributed by atoms with van der Waals surface area (Å²) in [6.07, 6.45) is 6.44. The van der Waals surface area contributed by atoms with Crippen LogP contribution in [-0.2, 0) is 34.2 Å². The predicted octanol–water partition coefficient (Wildman–Crippen LogP) is 1.91. The molecule has 5 N–H and O–H groups in total. The molecule has 0 bridgehead atoms. The van der Waals surface area contributed by atoms with Crippen LogP contribution in [0.2, 0.25) is 0 Å². The van der Waals surface area contributed by atoms with Crippen molar-refractivity contribution in [2.24, 2.45) is 38.7 Å². The molecule has 16 heteroatoms. The Morgan fingerprint density at radius 2 is 1.38 bits per heavy atom. The molecule has 4 aliphatic rings. The minimum Gasteiger partial charge on any atom is -0.363 e. The summed E-state index contributed by atoms with van der Waals surface area (Å²) >= 11 is 0. The number of hydrogen-bond donors (Lipinski definition) is 4. The Hall–Kier alpha value is -3.27. The Labute approximate surface area is 309 Å². The van der Waals surface area contributed by atoms with Gasteiger partial charge < -0.3 is 26.6 Å². The van der Waals surface area contributed by atoms with Gasteiger partial charge in [0.1, 0.15) is 18.1 Å². The van der Waals surface area contributed by atoms with Crippen LogP contribution < -0.4 is 21.7 Å². The quantitative estimate of drug-likeness (QED) is 0.216. The third-order valence-corrected chi connectivity index (χ3v) is 14.8. The van der Waals surface area contributed by atoms with E-state index in [2.05, 4.69) is 29.8 Å². The number of nitrogens with zero attached hydrogens (tertiary/aromatic N) is 3. The van der Waals surface area contributed by atoms with Gasteiger partial charge in [-0.3, -0.25) is 24.0 Å². The van der Waals surface area contributed by atoms with Gasteiger partial charge in [0.05, 0.1) is 6.04 Å². The van der Waals surface area contributed by atoms with E-state index in [-0.39, 0.29) is 28.7 Å². The molecule has 3 saturated carbocycles. The molecule has 5 atom stereocenters. The van der Waals surface area contributed by atoms with Gasteiger partial charge in [-0.15, -0.1) is 0 Å². The normalized spacial score (nSPS) is 25.4. The van der Waals surface area contributed by atoms with E-state index in [0.717, 1.165) is 49.9 Å². The van der Waals surface area contributed by atoms with Crippen LogP contribution in [0.25, 0.3) is 0 Å². The number of likely N-dealkylation sites (tertiary alicyclic amines) is 1. The second kappa shape index (κ2) is 13.9. The van der Waals surface area contributed by atoms with Crippen molar-refractivity contribution in [3.8, 4) is 0 Å². The summed E-state index contributed by atoms with van der Waals surface area (Å²) in [4.78, 5) is 82.7. The number of primary amides is 1. The molecule has 1 aliphatic heterocycles. The number of nitrogens with two attached hydrogens (primary N) is 1. The van der Waals surface area contributed by atoms with E-state index in [1.807, 2.05) is 0 Å². The maximum absolute atomic E-state index is 14.8. The minimum atomic E-state index is -4.15. The molecule has 294 valence electrons. The first kappa shape index (κ1) is 41.5. The molecule has 0 aromatic heterocycles. The summed E-state index contributed by atoms with van der Waals surface area (Å²) < 4.78 is 27.0. The highest BCUT2D eigenvalue weighted by Gasteiger charge is 2.85. The van der Waals surface area contributed by atoms with Gasteiger partial charge in [-0.1, -0.05) is 81.1 Å². The van der Waals surface area contributed by atoms with Crippen molar-refractivity contribution in [2.75, 3.05) is 27.7 Å². The Morgan fingerprint density at radius 1 is 0.846 bits per heavy atom. The van der Waals surface area contributed by atoms with E-state index in [9.17, 15) is 37.2 Å². The van der Waals surface area contributed by atoms with Crippen LogP contribution in [0.1, 0.15) is 107 Å². The van der Waals surface area contributed by atoms with Crippen molar-refractivity contribution in [2.45, 2.75) is 131 Å². The van der Waals surface area contributed by atoms with Crippen LogP contribution in [0.4, 0.5) is 4.79 Å². The summed E-state index contributed by atoms with van der Waals surface area (Å²) in [6, 6.07) is -5.40. The first-order valence-electron chi connectivity index (χ1n) is 18.4. The van der Waals surface area contributed by atoms with Crippen molar-refractivity contribution < 1.29 is 37.2 Å². The Morgan fingerprint density at radius 3 is 1.79 bits per heavy atom. The molecule has 52 heavy (non-hydrogen) atoms. The Bertz CT molecular complexity index is 1590. The van der Waals surface area contributed by atoms with Gasteiger partial charge in [0.2, 0.25) is 17.6 Å². The van der Waals surface area contributed by atoms with Gasteiger partial charge >= 0.3 is 16.2 Å². The van der Waals surface area contributed by atoms with Crippen molar-refractivity contribution in [1.29, 1.82) is 0 Å². The zero-order valence-corrected chi connectivity index (χ0v) is 33.7. The number of ketones is 1. The van der Waals surface area contributed by atoms with Gasteiger partial charge in [-0.05, 0) is 53.3 Å². The molecule has 15 nitrogen and oxygen atoms in total. The number of carbonyl (C=O) groups excluding carboxylic acids is 6. The van der Waals surface area contributed by atoms with Crippen molar-refractivity contribution in [3.05, 3.63) is 0 Å². The number of rotatable bonds is 12. The lowest BCUT2D eigenvalue weighted by atomic mass is 9.73. The summed E-state index contributed by atoms with van der Waals surface area (Å²) in [5, 5.41) is 8.20. The van der Waals surface area contributed by atoms with E-state index in [1.54, 1.807) is 41.5 Å². The first-order chi connectivity index (χ1) is 23.7. The molecule has 2 spiro atoms. The van der Waals surface area contributed by atoms with Crippen molar-refractivity contribution in [1.82, 2.24) is 29.5 Å². The van der Waals surface area contributed by atoms with Crippen LogP contribution in [-0.4, -0.2) is 109 Å². The van der Waals surface area contributed by atoms with Gasteiger partial charge in [-0.25, -0.2) is 9.10 Å². The molecule has 0 aromatic carbocycles. The van der Waals surface area contributed by atoms with Crippen LogP contribution in [0, 0.1) is 33.0 Å². The highest BCUT2D eigenvalue weighted by atomic mass is 32.2. The number of hydrogen-bond acceptors (Lipinski definition) is 8. The zero-order valence-electron chi connectivity index (χ0n) is 32.8. The van der Waals surface area contributed by atoms with Crippen LogP contribution in [0.5, 0.6) is 0 Å². The highest BCUT2D eigenvalue weighted by Crippen LogP contribution is 2.88. The highest BCUT2D eigenvalue weighted by molar-refractivity contribution is 7.87. The van der Waals surface area contributed by atoms with Gasteiger partial charge in [0.25, 0.3) is 11.8 Å². The molecule has 1 heterocycles. The lowest BCUT2D eigenvalue weighted by molar-refractivity contribution is -0.143. The number of amides is 6. The molecule has 1 saturated heterocycles. The maximum atomic E-state index is 14.8. The van der Waals surface area contributed by atoms with Crippen molar-refractivity contribution in [3.63, 3.8) is 0 Å². The van der Waals surface area contributed by atoms with Crippen LogP contribution >= 0.6 is 0 Å². The lowest BCUT2D eigenvalue weighted by Crippen LogP contribution is -2.63. The third kappa shape index (κ3) is 7.05. The number of urea groups is 1. The molecule has 0 radical (unpaired) electrons. The van der Waals surface area contributed by atoms with E-state index in [4.69, 9.17) is 5.73 Å². The molecule has 0 aromatic rings. The average Bonchev–Trinajstić information content (AvgIpc) is 3.20. The summed E-state index contributed by atoms with van der Waals surface area (Å²) in [7, 11) is -0.445. The number of Topliss-reactive ketones (excluding diaryl/α,β-unsaturated/α-hetero) is 1. The SMILES string of the molecule is CN(C)S(=O)(=O)N(C)C(=O)[C@@H](NC(=O)N[C@H](C(=O)N1C[C@]2(C[C@H]1C(=O)NC(CC1CCC1)C(=O)C(N)=O)C(C)(C)C21CCC1)C(C)(C)C)C(C)(C)C. The van der Waals surface area contributed by atoms with Gasteiger partial charge in [0, 0.05) is 33.1 Å². The maximum Gasteiger partial charge on any atom is 0.316 e. The van der Waals surface area contributed by atoms with E-state index in [0.29, 0.717) is 17.1 Å². The van der Waals surface area contributed by atoms with E-state index < -0.39 is 80.6 Å². The van der Waals surface area contributed by atoms with Crippen molar-refractivity contribution >= 4 is 45.7 Å². The van der Waals surface area contributed by atoms with Gasteiger partial charge in [0.15, 0.2) is 0 Å². The fourth-order valence-corrected chi connectivity index (χ4v) is 9.93. The topological polar surface area (TPSA) is 208 Å². The largest absolute Gasteiger partial charge is 0.363 e. The standard InChI is InChI=1S/C36H61N7O8S/c1-32(2,3)25(29(47)42(11)52(50,51)41(9)10)39-31(49)40-26(33(4,5)6)30(48)43-20-36(34(7,8)35(36)16-13-17-35)19-23(43)28(46)38-22(24(44)27(37)45)18-21-14-12-15-21/h21-23,25-26H,12-20H2,1-11H3,(H2,37,45)(H,38,46)(H2,39,40,49)/t22?,23-,25+,26+,36+/m0/s1. The molecule has 1 unspecified atom stereocenters. The minimum absolute atomic E-state index is 0.0385. The summed E-state index contributed by atoms with van der Waals surface area (Å²) in [5.41, 5.74) is 3.02.